The Hall–Kier alpha value is -1.11. The van der Waals surface area contributed by atoms with Gasteiger partial charge in [0.2, 0.25) is 0 Å². The van der Waals surface area contributed by atoms with E-state index >= 15 is 0 Å². The Balaban J connectivity index is 1.42. The van der Waals surface area contributed by atoms with Gasteiger partial charge in [0.25, 0.3) is 0 Å². The third kappa shape index (κ3) is 3.96. The van der Waals surface area contributed by atoms with Crippen molar-refractivity contribution in [1.29, 1.82) is 0 Å². The average molecular weight is 394 g/mol. The maximum absolute atomic E-state index is 13.1. The van der Waals surface area contributed by atoms with Crippen LogP contribution >= 0.6 is 0 Å². The molecule has 3 heterocycles. The Kier molecular flexibility index (Phi) is 5.49. The number of methoxy groups -OCH3 is 1. The van der Waals surface area contributed by atoms with Crippen LogP contribution in [-0.2, 0) is 18.9 Å². The van der Waals surface area contributed by atoms with Crippen molar-refractivity contribution < 1.29 is 23.7 Å². The molecule has 3 saturated heterocycles. The number of epoxide rings is 2. The van der Waals surface area contributed by atoms with Gasteiger partial charge in [0.05, 0.1) is 30.5 Å². The smallest absolute Gasteiger partial charge is 0.410 e. The van der Waals surface area contributed by atoms with Gasteiger partial charge < -0.3 is 18.9 Å². The monoisotopic (exact) mass is 393 g/mol. The van der Waals surface area contributed by atoms with Gasteiger partial charge in [-0.1, -0.05) is 11.6 Å². The molecule has 0 N–H and O–H groups in total. The highest BCUT2D eigenvalue weighted by atomic mass is 16.6. The van der Waals surface area contributed by atoms with Crippen LogP contribution in [0.15, 0.2) is 11.6 Å². The number of nitrogens with zero attached hydrogens (tertiary/aromatic N) is 1. The molecule has 4 rings (SSSR count). The van der Waals surface area contributed by atoms with E-state index in [2.05, 4.69) is 26.8 Å². The first-order valence-electron chi connectivity index (χ1n) is 10.8. The molecule has 4 unspecified atom stereocenters. The van der Waals surface area contributed by atoms with Gasteiger partial charge in [-0.3, -0.25) is 4.90 Å². The molecule has 0 aromatic heterocycles. The molecule has 0 aromatic rings. The number of hydrogen-bond acceptors (Lipinski definition) is 5. The minimum absolute atomic E-state index is 0.000273. The first kappa shape index (κ1) is 20.2. The predicted molar refractivity (Wildman–Crippen MR) is 105 cm³/mol. The summed E-state index contributed by atoms with van der Waals surface area (Å²) in [4.78, 5) is 15.0. The van der Waals surface area contributed by atoms with E-state index in [1.54, 1.807) is 7.11 Å². The molecule has 1 aliphatic carbocycles. The van der Waals surface area contributed by atoms with Gasteiger partial charge in [0.15, 0.2) is 0 Å². The van der Waals surface area contributed by atoms with Crippen molar-refractivity contribution in [2.24, 2.45) is 0 Å². The third-order valence-corrected chi connectivity index (χ3v) is 7.08. The Morgan fingerprint density at radius 1 is 1.25 bits per heavy atom. The van der Waals surface area contributed by atoms with Gasteiger partial charge in [-0.15, -0.1) is 0 Å². The Bertz CT molecular complexity index is 616. The van der Waals surface area contributed by atoms with Gasteiger partial charge in [0, 0.05) is 13.7 Å². The number of amides is 1. The molecule has 4 atom stereocenters. The Morgan fingerprint density at radius 3 is 2.57 bits per heavy atom. The van der Waals surface area contributed by atoms with Crippen LogP contribution in [0.5, 0.6) is 0 Å². The maximum Gasteiger partial charge on any atom is 0.410 e. The summed E-state index contributed by atoms with van der Waals surface area (Å²) < 4.78 is 23.4. The van der Waals surface area contributed by atoms with Gasteiger partial charge >= 0.3 is 6.09 Å². The second kappa shape index (κ2) is 7.62. The van der Waals surface area contributed by atoms with E-state index in [9.17, 15) is 4.79 Å². The molecular weight excluding hydrogens is 358 g/mol. The highest BCUT2D eigenvalue weighted by Crippen LogP contribution is 2.48. The van der Waals surface area contributed by atoms with E-state index in [1.165, 1.54) is 5.57 Å². The zero-order valence-corrected chi connectivity index (χ0v) is 17.7. The van der Waals surface area contributed by atoms with Gasteiger partial charge in [0.1, 0.15) is 11.7 Å². The number of carbonyl (C=O) groups excluding carboxylic acids is 1. The standard InChI is InChI=1S/C22H35NO5/c1-15(2)7-8-18-21(3,28-18)19-17(25-4)6-5-13-23(19)20(24)27-16-9-11-22(12-10-16)14-26-22/h7,16-19H,5-6,8-14H2,1-4H3. The van der Waals surface area contributed by atoms with Crippen molar-refractivity contribution in [2.45, 2.75) is 101 Å². The third-order valence-electron chi connectivity index (χ3n) is 7.08. The quantitative estimate of drug-likeness (QED) is 0.525. The second-order valence-electron chi connectivity index (χ2n) is 9.42. The van der Waals surface area contributed by atoms with E-state index in [4.69, 9.17) is 18.9 Å². The van der Waals surface area contributed by atoms with Gasteiger partial charge in [-0.25, -0.2) is 4.79 Å². The normalized spacial score (nSPS) is 42.2. The molecule has 4 aliphatic rings. The van der Waals surface area contributed by atoms with Crippen molar-refractivity contribution in [3.8, 4) is 0 Å². The molecule has 1 saturated carbocycles. The number of ether oxygens (including phenoxy) is 4. The molecular formula is C22H35NO5. The predicted octanol–water partition coefficient (Wildman–Crippen LogP) is 3.83. The van der Waals surface area contributed by atoms with E-state index in [-0.39, 0.29) is 41.6 Å². The molecule has 0 aromatic carbocycles. The van der Waals surface area contributed by atoms with E-state index in [0.717, 1.165) is 51.6 Å². The number of likely N-dealkylation sites (tertiary alicyclic amines) is 1. The summed E-state index contributed by atoms with van der Waals surface area (Å²) in [5.74, 6) is 0. The highest BCUT2D eigenvalue weighted by molar-refractivity contribution is 5.69. The summed E-state index contributed by atoms with van der Waals surface area (Å²) >= 11 is 0. The SMILES string of the molecule is COC1CCCN(C(=O)OC2CCC3(CC2)CO3)C1C1(C)OC1CC=C(C)C. The first-order chi connectivity index (χ1) is 13.4. The zero-order chi connectivity index (χ0) is 19.9. The van der Waals surface area contributed by atoms with Crippen LogP contribution in [0.25, 0.3) is 0 Å². The fourth-order valence-corrected chi connectivity index (χ4v) is 5.08. The lowest BCUT2D eigenvalue weighted by atomic mass is 9.85. The van der Waals surface area contributed by atoms with Crippen LogP contribution in [0.3, 0.4) is 0 Å². The van der Waals surface area contributed by atoms with Crippen LogP contribution in [0.1, 0.15) is 65.7 Å². The molecule has 1 spiro atoms. The number of rotatable bonds is 5. The second-order valence-corrected chi connectivity index (χ2v) is 9.42. The number of carbonyl (C=O) groups is 1. The maximum atomic E-state index is 13.1. The molecule has 6 heteroatoms. The zero-order valence-electron chi connectivity index (χ0n) is 17.7. The Morgan fingerprint density at radius 2 is 1.96 bits per heavy atom. The van der Waals surface area contributed by atoms with E-state index in [1.807, 2.05) is 4.90 Å². The number of hydrogen-bond donors (Lipinski definition) is 0. The van der Waals surface area contributed by atoms with Crippen LogP contribution in [0, 0.1) is 0 Å². The summed E-state index contributed by atoms with van der Waals surface area (Å²) in [6, 6.07) is -0.101. The topological polar surface area (TPSA) is 63.8 Å². The lowest BCUT2D eigenvalue weighted by molar-refractivity contribution is -0.0539. The van der Waals surface area contributed by atoms with Gasteiger partial charge in [-0.2, -0.15) is 0 Å². The summed E-state index contributed by atoms with van der Waals surface area (Å²) in [6.07, 6.45) is 8.66. The molecule has 6 nitrogen and oxygen atoms in total. The summed E-state index contributed by atoms with van der Waals surface area (Å²) in [6.45, 7) is 7.90. The lowest BCUT2D eigenvalue weighted by Gasteiger charge is -2.43. The molecule has 3 aliphatic heterocycles. The number of piperidine rings is 1. The van der Waals surface area contributed by atoms with Crippen LogP contribution in [-0.4, -0.2) is 66.8 Å². The van der Waals surface area contributed by atoms with Crippen molar-refractivity contribution in [1.82, 2.24) is 4.90 Å². The summed E-state index contributed by atoms with van der Waals surface area (Å²) in [5, 5.41) is 0. The van der Waals surface area contributed by atoms with Crippen LogP contribution in [0.4, 0.5) is 4.79 Å². The minimum Gasteiger partial charge on any atom is -0.446 e. The molecule has 1 amide bonds. The molecule has 158 valence electrons. The van der Waals surface area contributed by atoms with Crippen LogP contribution < -0.4 is 0 Å². The first-order valence-corrected chi connectivity index (χ1v) is 10.8. The number of allylic oxidation sites excluding steroid dienone is 1. The lowest BCUT2D eigenvalue weighted by Crippen LogP contribution is -2.59. The van der Waals surface area contributed by atoms with E-state index in [0.29, 0.717) is 6.54 Å². The minimum atomic E-state index is -0.370. The highest BCUT2D eigenvalue weighted by Gasteiger charge is 2.62. The fraction of sp³-hybridized carbons (Fsp3) is 0.864. The van der Waals surface area contributed by atoms with Crippen molar-refractivity contribution >= 4 is 6.09 Å². The fourth-order valence-electron chi connectivity index (χ4n) is 5.08. The summed E-state index contributed by atoms with van der Waals surface area (Å²) in [7, 11) is 1.74. The Labute approximate surface area is 168 Å². The summed E-state index contributed by atoms with van der Waals surface area (Å²) in [5.41, 5.74) is 1.03. The van der Waals surface area contributed by atoms with Crippen LogP contribution in [0.2, 0.25) is 0 Å². The van der Waals surface area contributed by atoms with E-state index < -0.39 is 0 Å². The molecule has 0 bridgehead atoms. The average Bonchev–Trinajstić information content (AvgIpc) is 3.59. The van der Waals surface area contributed by atoms with Crippen molar-refractivity contribution in [3.63, 3.8) is 0 Å². The largest absolute Gasteiger partial charge is 0.446 e. The van der Waals surface area contributed by atoms with Crippen molar-refractivity contribution in [3.05, 3.63) is 11.6 Å². The van der Waals surface area contributed by atoms with Gasteiger partial charge in [-0.05, 0) is 65.7 Å². The van der Waals surface area contributed by atoms with Crippen molar-refractivity contribution in [2.75, 3.05) is 20.3 Å². The molecule has 0 radical (unpaired) electrons. The molecule has 28 heavy (non-hydrogen) atoms. The molecule has 4 fully saturated rings.